The second kappa shape index (κ2) is 11.8. The smallest absolute Gasteiger partial charge is 0.382 e. The Balaban J connectivity index is 1.31. The summed E-state index contributed by atoms with van der Waals surface area (Å²) in [6.07, 6.45) is 8.76. The van der Waals surface area contributed by atoms with Crippen LogP contribution in [0.5, 0.6) is 0 Å². The topological polar surface area (TPSA) is 125 Å². The molecule has 2 saturated carbocycles. The van der Waals surface area contributed by atoms with Crippen LogP contribution in [0.4, 0.5) is 8.78 Å². The fourth-order valence-electron chi connectivity index (χ4n) is 7.33. The van der Waals surface area contributed by atoms with Gasteiger partial charge in [0.2, 0.25) is 0 Å². The lowest BCUT2D eigenvalue weighted by molar-refractivity contribution is -0.796. The maximum Gasteiger partial charge on any atom is 0.389 e. The molecule has 2 heterocycles. The molecule has 4 atom stereocenters. The maximum atomic E-state index is 14.9. The largest absolute Gasteiger partial charge is 0.389 e. The van der Waals surface area contributed by atoms with Gasteiger partial charge in [-0.25, -0.2) is 18.5 Å². The van der Waals surface area contributed by atoms with Crippen LogP contribution in [0.15, 0.2) is 47.8 Å². The van der Waals surface area contributed by atoms with Gasteiger partial charge >= 0.3 is 5.03 Å². The molecule has 1 amide bonds. The monoisotopic (exact) mass is 581 g/mol. The number of carbonyl (C=O) groups excluding carboxylic acids is 1. The number of nitrogens with zero attached hydrogens (tertiary/aromatic N) is 4. The van der Waals surface area contributed by atoms with Crippen LogP contribution in [0.1, 0.15) is 93.1 Å². The first-order chi connectivity index (χ1) is 20.0. The van der Waals surface area contributed by atoms with Crippen LogP contribution in [0.3, 0.4) is 0 Å². The van der Waals surface area contributed by atoms with Gasteiger partial charge in [0.05, 0.1) is 17.3 Å². The zero-order chi connectivity index (χ0) is 30.2. The Morgan fingerprint density at radius 1 is 1.21 bits per heavy atom. The number of fused-ring (bicyclic) bond motifs is 1. The molecule has 0 spiro atoms. The summed E-state index contributed by atoms with van der Waals surface area (Å²) in [5, 5.41) is 19.1. The molecule has 2 aliphatic carbocycles. The van der Waals surface area contributed by atoms with Crippen LogP contribution in [0, 0.1) is 34.3 Å². The number of hydrazone groups is 1. The predicted octanol–water partition coefficient (Wildman–Crippen LogP) is 5.84. The molecule has 0 saturated heterocycles. The van der Waals surface area contributed by atoms with Gasteiger partial charge in [0.15, 0.2) is 5.84 Å². The summed E-state index contributed by atoms with van der Waals surface area (Å²) < 4.78 is 30.7. The van der Waals surface area contributed by atoms with Gasteiger partial charge in [0, 0.05) is 18.2 Å². The van der Waals surface area contributed by atoms with Gasteiger partial charge in [-0.15, -0.1) is 0 Å². The van der Waals surface area contributed by atoms with E-state index in [4.69, 9.17) is 10.9 Å². The number of rotatable bonds is 7. The highest BCUT2D eigenvalue weighted by molar-refractivity contribution is 6.00. The van der Waals surface area contributed by atoms with Crippen LogP contribution in [-0.2, 0) is 5.41 Å². The number of halogens is 2. The molecule has 0 radical (unpaired) electrons. The second-order valence-electron chi connectivity index (χ2n) is 12.3. The summed E-state index contributed by atoms with van der Waals surface area (Å²) in [5.41, 5.74) is 8.04. The van der Waals surface area contributed by atoms with Gasteiger partial charge in [-0.2, -0.15) is 5.10 Å². The van der Waals surface area contributed by atoms with Crippen molar-refractivity contribution in [3.05, 3.63) is 76.0 Å². The van der Waals surface area contributed by atoms with Crippen LogP contribution in [-0.4, -0.2) is 37.6 Å². The molecule has 4 unspecified atom stereocenters. The van der Waals surface area contributed by atoms with E-state index in [2.05, 4.69) is 36.3 Å². The van der Waals surface area contributed by atoms with Crippen molar-refractivity contribution in [2.45, 2.75) is 83.1 Å². The van der Waals surface area contributed by atoms with Gasteiger partial charge in [0.25, 0.3) is 5.91 Å². The Kier molecular flexibility index (Phi) is 8.30. The molecule has 0 aliphatic heterocycles. The van der Waals surface area contributed by atoms with Crippen molar-refractivity contribution >= 4 is 17.3 Å². The molecule has 2 fully saturated rings. The van der Waals surface area contributed by atoms with E-state index in [0.29, 0.717) is 42.3 Å². The average molecular weight is 582 g/mol. The van der Waals surface area contributed by atoms with E-state index >= 15 is 0 Å². The van der Waals surface area contributed by atoms with Gasteiger partial charge in [-0.3, -0.25) is 4.79 Å². The molecule has 11 heteroatoms. The summed E-state index contributed by atoms with van der Waals surface area (Å²) in [6, 6.07) is 7.74. The van der Waals surface area contributed by atoms with Crippen molar-refractivity contribution in [2.24, 2.45) is 28.6 Å². The number of nitrogens with two attached hydrogens (primary N) is 1. The van der Waals surface area contributed by atoms with Crippen molar-refractivity contribution in [3.63, 3.8) is 0 Å². The number of benzene rings is 1. The molecule has 4 N–H and O–H groups in total. The molecule has 42 heavy (non-hydrogen) atoms. The number of carbonyl (C=O) groups is 1. The molecule has 5 rings (SSSR count). The lowest BCUT2D eigenvalue weighted by atomic mass is 9.57. The van der Waals surface area contributed by atoms with Crippen LogP contribution >= 0.6 is 0 Å². The van der Waals surface area contributed by atoms with Crippen molar-refractivity contribution < 1.29 is 23.8 Å². The third kappa shape index (κ3) is 5.73. The van der Waals surface area contributed by atoms with Gasteiger partial charge in [-0.1, -0.05) is 27.2 Å². The number of nitrogens with one attached hydrogen (secondary N) is 1. The Bertz CT molecular complexity index is 1520. The molecular formula is C31H39F2N6O3+. The van der Waals surface area contributed by atoms with E-state index in [0.717, 1.165) is 24.8 Å². The summed E-state index contributed by atoms with van der Waals surface area (Å²) >= 11 is 0. The van der Waals surface area contributed by atoms with Gasteiger partial charge in [0.1, 0.15) is 21.6 Å². The Morgan fingerprint density at radius 2 is 1.95 bits per heavy atom. The molecule has 2 aromatic heterocycles. The SMILES string of the molecule is CC(c1ccn2ncc(C(=O)NC3CCC(C(N)=N[N+](=O)O)CC3)c2c1)C1CCCC(C)(c2cc(F)ccc2F)C1C. The summed E-state index contributed by atoms with van der Waals surface area (Å²) in [7, 11) is 0. The van der Waals surface area contributed by atoms with Crippen LogP contribution in [0.25, 0.3) is 5.52 Å². The number of pyridine rings is 1. The third-order valence-corrected chi connectivity index (χ3v) is 10.1. The Hall–Kier alpha value is -3.89. The lowest BCUT2D eigenvalue weighted by Crippen LogP contribution is -2.41. The number of amides is 1. The minimum absolute atomic E-state index is 0.0555. The number of aromatic nitrogens is 2. The van der Waals surface area contributed by atoms with E-state index in [9.17, 15) is 18.5 Å². The molecule has 2 aliphatic rings. The highest BCUT2D eigenvalue weighted by Crippen LogP contribution is 2.51. The van der Waals surface area contributed by atoms with Gasteiger partial charge in [-0.05, 0) is 103 Å². The quantitative estimate of drug-likeness (QED) is 0.184. The molecule has 0 bridgehead atoms. The molecule has 3 aromatic rings. The van der Waals surface area contributed by atoms with E-state index in [1.807, 2.05) is 18.3 Å². The highest BCUT2D eigenvalue weighted by atomic mass is 19.1. The fraction of sp³-hybridized carbons (Fsp3) is 0.516. The number of amidine groups is 1. The predicted molar refractivity (Wildman–Crippen MR) is 154 cm³/mol. The van der Waals surface area contributed by atoms with Crippen LogP contribution in [0.2, 0.25) is 0 Å². The van der Waals surface area contributed by atoms with E-state index < -0.39 is 16.3 Å². The average Bonchev–Trinajstić information content (AvgIpc) is 3.39. The lowest BCUT2D eigenvalue weighted by Gasteiger charge is -2.47. The zero-order valence-corrected chi connectivity index (χ0v) is 24.3. The molecule has 1 aromatic carbocycles. The first-order valence-corrected chi connectivity index (χ1v) is 14.7. The molecule has 9 nitrogen and oxygen atoms in total. The summed E-state index contributed by atoms with van der Waals surface area (Å²) in [4.78, 5) is 24.1. The van der Waals surface area contributed by atoms with E-state index in [-0.39, 0.29) is 47.3 Å². The Labute approximate surface area is 243 Å². The minimum atomic E-state index is -0.527. The third-order valence-electron chi connectivity index (χ3n) is 10.1. The summed E-state index contributed by atoms with van der Waals surface area (Å²) in [6.45, 7) is 6.37. The van der Waals surface area contributed by atoms with Crippen molar-refractivity contribution in [1.29, 1.82) is 0 Å². The van der Waals surface area contributed by atoms with E-state index in [1.54, 1.807) is 10.7 Å². The van der Waals surface area contributed by atoms with E-state index in [1.165, 1.54) is 18.2 Å². The molecular weight excluding hydrogens is 542 g/mol. The zero-order valence-electron chi connectivity index (χ0n) is 24.3. The van der Waals surface area contributed by atoms with Crippen molar-refractivity contribution in [3.8, 4) is 0 Å². The number of hydrogen-bond donors (Lipinski definition) is 3. The first kappa shape index (κ1) is 29.6. The van der Waals surface area contributed by atoms with Crippen LogP contribution < -0.4 is 11.1 Å². The maximum absolute atomic E-state index is 14.9. The fourth-order valence-corrected chi connectivity index (χ4v) is 7.33. The van der Waals surface area contributed by atoms with Crippen molar-refractivity contribution in [1.82, 2.24) is 14.9 Å². The first-order valence-electron chi connectivity index (χ1n) is 14.7. The normalized spacial score (nSPS) is 27.5. The minimum Gasteiger partial charge on any atom is -0.382 e. The second-order valence-corrected chi connectivity index (χ2v) is 12.3. The summed E-state index contributed by atoms with van der Waals surface area (Å²) in [5.74, 6) is -0.557. The van der Waals surface area contributed by atoms with Gasteiger partial charge < -0.3 is 11.1 Å². The molecule has 224 valence electrons. The standard InChI is InChI=1S/C31H38F2N6O3/c1-18(24-5-4-13-31(3,19(24)2)26-16-22(32)8-11-27(26)33)21-12-14-38-28(15-21)25(17-35-38)30(40)36-23-9-6-20(7-10-23)29(34)37-39(41)42/h8,11-12,14-20,23-24H,4-7,9-10,13H2,1-3H3,(H3-,34,36,37,40,41,42)/p+1. The Morgan fingerprint density at radius 3 is 2.67 bits per heavy atom. The highest BCUT2D eigenvalue weighted by Gasteiger charge is 2.44. The van der Waals surface area contributed by atoms with Crippen molar-refractivity contribution in [2.75, 3.05) is 0 Å². The number of hydrogen-bond acceptors (Lipinski definition) is 3.